The van der Waals surface area contributed by atoms with Crippen LogP contribution in [-0.2, 0) is 11.3 Å². The van der Waals surface area contributed by atoms with Crippen LogP contribution in [0.15, 0.2) is 54.6 Å². The van der Waals surface area contributed by atoms with Gasteiger partial charge in [0.1, 0.15) is 6.61 Å². The molecule has 0 radical (unpaired) electrons. The van der Waals surface area contributed by atoms with Gasteiger partial charge in [-0.05, 0) is 18.6 Å². The molecule has 21 heavy (non-hydrogen) atoms. The molecule has 0 unspecified atom stereocenters. The minimum absolute atomic E-state index is 0.246. The molecule has 1 heterocycles. The van der Waals surface area contributed by atoms with E-state index in [-0.39, 0.29) is 12.6 Å². The molecule has 0 amide bonds. The maximum Gasteiger partial charge on any atom is 0.341 e. The number of aromatic nitrogens is 2. The molecular formula is C17H14N2O2. The number of carbonyl (C=O) groups excluding carboxylic acids is 1. The van der Waals surface area contributed by atoms with Gasteiger partial charge in [-0.1, -0.05) is 48.5 Å². The van der Waals surface area contributed by atoms with Gasteiger partial charge in [0.15, 0.2) is 0 Å². The second kappa shape index (κ2) is 5.71. The van der Waals surface area contributed by atoms with Gasteiger partial charge in [-0.2, -0.15) is 10.2 Å². The van der Waals surface area contributed by atoms with Crippen molar-refractivity contribution in [1.82, 2.24) is 10.2 Å². The van der Waals surface area contributed by atoms with Crippen LogP contribution in [0.4, 0.5) is 0 Å². The van der Waals surface area contributed by atoms with E-state index in [4.69, 9.17) is 4.74 Å². The van der Waals surface area contributed by atoms with E-state index in [1.165, 1.54) is 0 Å². The summed E-state index contributed by atoms with van der Waals surface area (Å²) in [6, 6.07) is 17.0. The first-order valence-electron chi connectivity index (χ1n) is 6.69. The molecule has 0 atom stereocenters. The van der Waals surface area contributed by atoms with Crippen molar-refractivity contribution in [2.45, 2.75) is 13.5 Å². The second-order valence-electron chi connectivity index (χ2n) is 4.74. The number of benzene rings is 2. The van der Waals surface area contributed by atoms with Crippen LogP contribution in [0.5, 0.6) is 0 Å². The van der Waals surface area contributed by atoms with E-state index in [1.807, 2.05) is 54.6 Å². The van der Waals surface area contributed by atoms with Gasteiger partial charge in [-0.15, -0.1) is 0 Å². The highest BCUT2D eigenvalue weighted by atomic mass is 16.5. The second-order valence-corrected chi connectivity index (χ2v) is 4.74. The molecule has 0 saturated heterocycles. The average Bonchev–Trinajstić information content (AvgIpc) is 2.53. The molecule has 2 aromatic carbocycles. The van der Waals surface area contributed by atoms with Crippen LogP contribution in [0.2, 0.25) is 0 Å². The van der Waals surface area contributed by atoms with Gasteiger partial charge >= 0.3 is 5.97 Å². The number of aryl methyl sites for hydroxylation is 1. The summed E-state index contributed by atoms with van der Waals surface area (Å²) < 4.78 is 5.40. The van der Waals surface area contributed by atoms with Gasteiger partial charge in [0.05, 0.1) is 16.8 Å². The van der Waals surface area contributed by atoms with Gasteiger partial charge in [0.2, 0.25) is 0 Å². The van der Waals surface area contributed by atoms with Gasteiger partial charge in [-0.25, -0.2) is 4.79 Å². The number of fused-ring (bicyclic) bond motifs is 1. The van der Waals surface area contributed by atoms with Crippen LogP contribution >= 0.6 is 0 Å². The first-order valence-corrected chi connectivity index (χ1v) is 6.69. The van der Waals surface area contributed by atoms with E-state index < -0.39 is 0 Å². The van der Waals surface area contributed by atoms with Gasteiger partial charge < -0.3 is 4.74 Å². The Morgan fingerprint density at radius 3 is 2.52 bits per heavy atom. The molecule has 4 heteroatoms. The molecule has 3 rings (SSSR count). The van der Waals surface area contributed by atoms with E-state index in [0.717, 1.165) is 10.9 Å². The normalized spacial score (nSPS) is 10.5. The van der Waals surface area contributed by atoms with Crippen molar-refractivity contribution in [3.8, 4) is 0 Å². The highest BCUT2D eigenvalue weighted by Crippen LogP contribution is 2.19. The number of nitrogens with zero attached hydrogens (tertiary/aromatic N) is 2. The predicted octanol–water partition coefficient (Wildman–Crippen LogP) is 3.30. The van der Waals surface area contributed by atoms with Crippen molar-refractivity contribution >= 4 is 16.9 Å². The Balaban J connectivity index is 1.89. The van der Waals surface area contributed by atoms with Crippen molar-refractivity contribution in [2.75, 3.05) is 0 Å². The number of rotatable bonds is 3. The Labute approximate surface area is 122 Å². The molecule has 0 N–H and O–H groups in total. The number of carbonyl (C=O) groups is 1. The van der Waals surface area contributed by atoms with Crippen LogP contribution < -0.4 is 0 Å². The smallest absolute Gasteiger partial charge is 0.341 e. The Kier molecular flexibility index (Phi) is 3.60. The molecule has 0 aliphatic heterocycles. The fraction of sp³-hybridized carbons (Fsp3) is 0.118. The summed E-state index contributed by atoms with van der Waals surface area (Å²) >= 11 is 0. The standard InChI is InChI=1S/C17H14N2O2/c1-12-16(14-9-5-6-10-15(14)19-18-12)17(20)21-11-13-7-3-2-4-8-13/h2-10H,11H2,1H3. The maximum atomic E-state index is 12.4. The summed E-state index contributed by atoms with van der Waals surface area (Å²) in [7, 11) is 0. The summed E-state index contributed by atoms with van der Waals surface area (Å²) in [4.78, 5) is 12.4. The van der Waals surface area contributed by atoms with Gasteiger partial charge in [0, 0.05) is 5.39 Å². The average molecular weight is 278 g/mol. The molecular weight excluding hydrogens is 264 g/mol. The summed E-state index contributed by atoms with van der Waals surface area (Å²) in [6.07, 6.45) is 0. The Bertz CT molecular complexity index is 785. The lowest BCUT2D eigenvalue weighted by Gasteiger charge is -2.09. The number of hydrogen-bond acceptors (Lipinski definition) is 4. The molecule has 0 saturated carbocycles. The lowest BCUT2D eigenvalue weighted by Crippen LogP contribution is -2.10. The molecule has 0 aliphatic carbocycles. The van der Waals surface area contributed by atoms with Crippen LogP contribution in [0.1, 0.15) is 21.6 Å². The lowest BCUT2D eigenvalue weighted by atomic mass is 10.1. The van der Waals surface area contributed by atoms with Crippen molar-refractivity contribution in [1.29, 1.82) is 0 Å². The largest absolute Gasteiger partial charge is 0.457 e. The van der Waals surface area contributed by atoms with Crippen molar-refractivity contribution in [3.05, 3.63) is 71.4 Å². The molecule has 0 bridgehead atoms. The number of hydrogen-bond donors (Lipinski definition) is 0. The molecule has 0 aliphatic rings. The number of esters is 1. The van der Waals surface area contributed by atoms with E-state index >= 15 is 0 Å². The highest BCUT2D eigenvalue weighted by Gasteiger charge is 2.16. The first kappa shape index (κ1) is 13.2. The quantitative estimate of drug-likeness (QED) is 0.690. The minimum atomic E-state index is -0.373. The third-order valence-corrected chi connectivity index (χ3v) is 3.26. The highest BCUT2D eigenvalue weighted by molar-refractivity contribution is 6.03. The Morgan fingerprint density at radius 2 is 1.71 bits per heavy atom. The summed E-state index contributed by atoms with van der Waals surface area (Å²) in [5, 5.41) is 8.88. The van der Waals surface area contributed by atoms with E-state index in [9.17, 15) is 4.79 Å². The van der Waals surface area contributed by atoms with E-state index in [2.05, 4.69) is 10.2 Å². The van der Waals surface area contributed by atoms with Crippen molar-refractivity contribution in [2.24, 2.45) is 0 Å². The van der Waals surface area contributed by atoms with Crippen molar-refractivity contribution < 1.29 is 9.53 Å². The molecule has 3 aromatic rings. The zero-order valence-electron chi connectivity index (χ0n) is 11.6. The van der Waals surface area contributed by atoms with Crippen LogP contribution in [0, 0.1) is 6.92 Å². The van der Waals surface area contributed by atoms with Gasteiger partial charge in [0.25, 0.3) is 0 Å². The summed E-state index contributed by atoms with van der Waals surface area (Å²) in [6.45, 7) is 2.01. The topological polar surface area (TPSA) is 52.1 Å². The lowest BCUT2D eigenvalue weighted by molar-refractivity contribution is 0.0473. The zero-order valence-corrected chi connectivity index (χ0v) is 11.6. The van der Waals surface area contributed by atoms with E-state index in [1.54, 1.807) is 6.92 Å². The number of ether oxygens (including phenoxy) is 1. The third-order valence-electron chi connectivity index (χ3n) is 3.26. The Hall–Kier alpha value is -2.75. The molecule has 1 aromatic heterocycles. The van der Waals surface area contributed by atoms with Crippen LogP contribution in [-0.4, -0.2) is 16.2 Å². The van der Waals surface area contributed by atoms with E-state index in [0.29, 0.717) is 16.8 Å². The predicted molar refractivity (Wildman–Crippen MR) is 79.8 cm³/mol. The van der Waals surface area contributed by atoms with Crippen LogP contribution in [0.3, 0.4) is 0 Å². The molecule has 104 valence electrons. The fourth-order valence-electron chi connectivity index (χ4n) is 2.20. The molecule has 0 spiro atoms. The fourth-order valence-corrected chi connectivity index (χ4v) is 2.20. The van der Waals surface area contributed by atoms with Crippen LogP contribution in [0.25, 0.3) is 10.9 Å². The Morgan fingerprint density at radius 1 is 1.00 bits per heavy atom. The van der Waals surface area contributed by atoms with Crippen molar-refractivity contribution in [3.63, 3.8) is 0 Å². The third kappa shape index (κ3) is 2.74. The maximum absolute atomic E-state index is 12.4. The first-order chi connectivity index (χ1) is 10.3. The summed E-state index contributed by atoms with van der Waals surface area (Å²) in [5.41, 5.74) is 2.70. The monoisotopic (exact) mass is 278 g/mol. The van der Waals surface area contributed by atoms with Gasteiger partial charge in [-0.3, -0.25) is 0 Å². The molecule has 4 nitrogen and oxygen atoms in total. The summed E-state index contributed by atoms with van der Waals surface area (Å²) in [5.74, 6) is -0.373. The minimum Gasteiger partial charge on any atom is -0.457 e. The zero-order chi connectivity index (χ0) is 14.7. The molecule has 0 fully saturated rings. The SMILES string of the molecule is Cc1nnc2ccccc2c1C(=O)OCc1ccccc1.